The SMILES string of the molecule is Cc1ccc(F)cc1N=C(N)Nc1nc(N)c(C(=O)NC(=N)N)nc1Cl. The van der Waals surface area contributed by atoms with Crippen LogP contribution in [0.1, 0.15) is 16.1 Å². The Balaban J connectivity index is 2.28. The lowest BCUT2D eigenvalue weighted by Crippen LogP contribution is -2.36. The molecule has 26 heavy (non-hydrogen) atoms. The average Bonchev–Trinajstić information content (AvgIpc) is 2.53. The van der Waals surface area contributed by atoms with E-state index in [1.165, 1.54) is 12.1 Å². The number of rotatable bonds is 3. The van der Waals surface area contributed by atoms with E-state index in [1.807, 2.05) is 5.32 Å². The predicted molar refractivity (Wildman–Crippen MR) is 96.9 cm³/mol. The third-order valence-corrected chi connectivity index (χ3v) is 3.27. The van der Waals surface area contributed by atoms with Crippen molar-refractivity contribution in [2.24, 2.45) is 16.5 Å². The average molecular weight is 380 g/mol. The molecule has 136 valence electrons. The van der Waals surface area contributed by atoms with Crippen molar-refractivity contribution in [2.45, 2.75) is 6.92 Å². The molecular formula is C14H15ClFN9O. The first kappa shape index (κ1) is 18.9. The first-order valence-electron chi connectivity index (χ1n) is 7.03. The highest BCUT2D eigenvalue weighted by Gasteiger charge is 2.18. The van der Waals surface area contributed by atoms with Gasteiger partial charge in [-0.25, -0.2) is 19.4 Å². The van der Waals surface area contributed by atoms with Gasteiger partial charge in [0.05, 0.1) is 5.69 Å². The van der Waals surface area contributed by atoms with Crippen molar-refractivity contribution < 1.29 is 9.18 Å². The summed E-state index contributed by atoms with van der Waals surface area (Å²) in [6.45, 7) is 1.73. The van der Waals surface area contributed by atoms with Gasteiger partial charge in [0.1, 0.15) is 5.82 Å². The van der Waals surface area contributed by atoms with Crippen molar-refractivity contribution in [1.82, 2.24) is 15.3 Å². The van der Waals surface area contributed by atoms with E-state index >= 15 is 0 Å². The zero-order valence-electron chi connectivity index (χ0n) is 13.5. The first-order chi connectivity index (χ1) is 12.2. The minimum atomic E-state index is -0.840. The van der Waals surface area contributed by atoms with Gasteiger partial charge in [-0.2, -0.15) is 0 Å². The highest BCUT2D eigenvalue weighted by molar-refractivity contribution is 6.32. The van der Waals surface area contributed by atoms with E-state index in [9.17, 15) is 9.18 Å². The largest absolute Gasteiger partial charge is 0.382 e. The zero-order chi connectivity index (χ0) is 19.4. The molecule has 0 saturated heterocycles. The Morgan fingerprint density at radius 3 is 2.69 bits per heavy atom. The van der Waals surface area contributed by atoms with Gasteiger partial charge >= 0.3 is 0 Å². The fraction of sp³-hybridized carbons (Fsp3) is 0.0714. The smallest absolute Gasteiger partial charge is 0.280 e. The van der Waals surface area contributed by atoms with Crippen LogP contribution in [0.25, 0.3) is 0 Å². The lowest BCUT2D eigenvalue weighted by molar-refractivity contribution is 0.0972. The number of aryl methyl sites for hydroxylation is 1. The number of halogens is 2. The maximum absolute atomic E-state index is 13.3. The van der Waals surface area contributed by atoms with Crippen molar-refractivity contribution in [3.05, 3.63) is 40.4 Å². The Labute approximate surface area is 152 Å². The summed E-state index contributed by atoms with van der Waals surface area (Å²) >= 11 is 5.96. The fourth-order valence-electron chi connectivity index (χ4n) is 1.84. The molecule has 1 heterocycles. The molecule has 1 aromatic heterocycles. The van der Waals surface area contributed by atoms with Crippen LogP contribution in [0.2, 0.25) is 5.15 Å². The number of amides is 1. The summed E-state index contributed by atoms with van der Waals surface area (Å²) in [5.41, 5.74) is 17.2. The molecule has 2 aromatic rings. The molecule has 9 N–H and O–H groups in total. The second-order valence-electron chi connectivity index (χ2n) is 5.02. The summed E-state index contributed by atoms with van der Waals surface area (Å²) in [5, 5.41) is 11.4. The predicted octanol–water partition coefficient (Wildman–Crippen LogP) is 0.841. The number of anilines is 2. The van der Waals surface area contributed by atoms with Crippen molar-refractivity contribution in [1.29, 1.82) is 5.41 Å². The quantitative estimate of drug-likeness (QED) is 0.337. The van der Waals surface area contributed by atoms with Crippen molar-refractivity contribution in [3.8, 4) is 0 Å². The monoisotopic (exact) mass is 379 g/mol. The highest BCUT2D eigenvalue weighted by Crippen LogP contribution is 2.22. The number of carbonyl (C=O) groups is 1. The van der Waals surface area contributed by atoms with Gasteiger partial charge in [0.25, 0.3) is 5.91 Å². The number of aromatic nitrogens is 2. The van der Waals surface area contributed by atoms with E-state index in [4.69, 9.17) is 34.2 Å². The number of guanidine groups is 2. The standard InChI is InChI=1S/C14H15ClFN9O/c1-5-2-3-6(16)4-7(5)21-14(20)24-11-9(15)22-8(10(17)23-11)12(26)25-13(18)19/h2-4H,1H3,(H4,18,19,25,26)(H5,17,20,21,23,24). The molecule has 0 bridgehead atoms. The molecule has 0 atom stereocenters. The molecule has 0 aliphatic carbocycles. The molecular weight excluding hydrogens is 365 g/mol. The topological polar surface area (TPSA) is 181 Å². The summed E-state index contributed by atoms with van der Waals surface area (Å²) in [5.74, 6) is -2.37. The van der Waals surface area contributed by atoms with Crippen LogP contribution in [0, 0.1) is 18.2 Å². The van der Waals surface area contributed by atoms with Crippen LogP contribution in [0.3, 0.4) is 0 Å². The summed E-state index contributed by atoms with van der Waals surface area (Å²) < 4.78 is 13.3. The molecule has 0 fully saturated rings. The summed E-state index contributed by atoms with van der Waals surface area (Å²) in [6.07, 6.45) is 0. The molecule has 1 aromatic carbocycles. The van der Waals surface area contributed by atoms with E-state index in [-0.39, 0.29) is 28.4 Å². The lowest BCUT2D eigenvalue weighted by atomic mass is 10.2. The molecule has 0 aliphatic heterocycles. The Kier molecular flexibility index (Phi) is 5.52. The number of carbonyl (C=O) groups excluding carboxylic acids is 1. The number of hydrogen-bond acceptors (Lipinski definition) is 6. The molecule has 10 nitrogen and oxygen atoms in total. The molecule has 0 saturated carbocycles. The molecule has 2 rings (SSSR count). The number of aliphatic imine (C=N–C) groups is 1. The lowest BCUT2D eigenvalue weighted by Gasteiger charge is -2.10. The van der Waals surface area contributed by atoms with Gasteiger partial charge < -0.3 is 22.5 Å². The molecule has 12 heteroatoms. The molecule has 0 aliphatic rings. The van der Waals surface area contributed by atoms with Crippen molar-refractivity contribution in [2.75, 3.05) is 11.1 Å². The van der Waals surface area contributed by atoms with Gasteiger partial charge in [0.2, 0.25) is 0 Å². The highest BCUT2D eigenvalue weighted by atomic mass is 35.5. The van der Waals surface area contributed by atoms with Crippen LogP contribution in [0.4, 0.5) is 21.7 Å². The minimum Gasteiger partial charge on any atom is -0.382 e. The number of hydrogen-bond donors (Lipinski definition) is 6. The molecule has 1 amide bonds. The number of nitrogens with two attached hydrogens (primary N) is 3. The number of nitrogens with zero attached hydrogens (tertiary/aromatic N) is 3. The Hall–Kier alpha value is -3.47. The number of benzene rings is 1. The van der Waals surface area contributed by atoms with Crippen molar-refractivity contribution in [3.63, 3.8) is 0 Å². The van der Waals surface area contributed by atoms with Crippen LogP contribution >= 0.6 is 11.6 Å². The second-order valence-corrected chi connectivity index (χ2v) is 5.38. The number of nitrogens with one attached hydrogen (secondary N) is 3. The Morgan fingerprint density at radius 2 is 2.04 bits per heavy atom. The van der Waals surface area contributed by atoms with E-state index in [0.29, 0.717) is 11.3 Å². The van der Waals surface area contributed by atoms with Gasteiger partial charge in [-0.1, -0.05) is 17.7 Å². The molecule has 0 spiro atoms. The maximum atomic E-state index is 13.3. The van der Waals surface area contributed by atoms with Crippen LogP contribution < -0.4 is 27.8 Å². The van der Waals surface area contributed by atoms with Gasteiger partial charge in [-0.3, -0.25) is 15.5 Å². The number of nitrogen functional groups attached to an aromatic ring is 1. The second kappa shape index (κ2) is 7.61. The third-order valence-electron chi connectivity index (χ3n) is 3.00. The Bertz CT molecular complexity index is 916. The van der Waals surface area contributed by atoms with Crippen LogP contribution in [-0.2, 0) is 0 Å². The zero-order valence-corrected chi connectivity index (χ0v) is 14.2. The van der Waals surface area contributed by atoms with E-state index in [2.05, 4.69) is 20.3 Å². The fourth-order valence-corrected chi connectivity index (χ4v) is 2.01. The van der Waals surface area contributed by atoms with E-state index in [1.54, 1.807) is 13.0 Å². The van der Waals surface area contributed by atoms with Gasteiger partial charge in [0.15, 0.2) is 34.4 Å². The minimum absolute atomic E-state index is 0.0566. The molecule has 0 radical (unpaired) electrons. The van der Waals surface area contributed by atoms with Crippen LogP contribution in [-0.4, -0.2) is 27.8 Å². The summed E-state index contributed by atoms with van der Waals surface area (Å²) in [7, 11) is 0. The summed E-state index contributed by atoms with van der Waals surface area (Å²) in [4.78, 5) is 23.5. The van der Waals surface area contributed by atoms with E-state index in [0.717, 1.165) is 0 Å². The van der Waals surface area contributed by atoms with Gasteiger partial charge in [0, 0.05) is 0 Å². The van der Waals surface area contributed by atoms with Gasteiger partial charge in [-0.05, 0) is 24.6 Å². The van der Waals surface area contributed by atoms with Crippen LogP contribution in [0.15, 0.2) is 23.2 Å². The van der Waals surface area contributed by atoms with Gasteiger partial charge in [-0.15, -0.1) is 0 Å². The Morgan fingerprint density at radius 1 is 1.35 bits per heavy atom. The maximum Gasteiger partial charge on any atom is 0.280 e. The van der Waals surface area contributed by atoms with Crippen molar-refractivity contribution >= 4 is 46.8 Å². The van der Waals surface area contributed by atoms with E-state index < -0.39 is 17.7 Å². The normalized spacial score (nSPS) is 11.1. The first-order valence-corrected chi connectivity index (χ1v) is 7.41. The molecule has 0 unspecified atom stereocenters. The third kappa shape index (κ3) is 4.54. The van der Waals surface area contributed by atoms with Crippen LogP contribution in [0.5, 0.6) is 0 Å². The summed E-state index contributed by atoms with van der Waals surface area (Å²) in [6, 6.07) is 4.06.